The first-order valence-electron chi connectivity index (χ1n) is 9.43. The van der Waals surface area contributed by atoms with Crippen LogP contribution >= 0.6 is 23.2 Å². The molecule has 1 saturated heterocycles. The minimum atomic E-state index is -1.03. The van der Waals surface area contributed by atoms with Crippen LogP contribution in [0.4, 0.5) is 5.69 Å². The van der Waals surface area contributed by atoms with Crippen molar-refractivity contribution in [2.24, 2.45) is 0 Å². The van der Waals surface area contributed by atoms with Gasteiger partial charge >= 0.3 is 0 Å². The van der Waals surface area contributed by atoms with Crippen molar-refractivity contribution >= 4 is 46.3 Å². The standard InChI is InChI=1S/C21H18Cl2N2O7/c22-13-3-6-15(16(23)11-13)18-17(19(27)12-1-4-14(5-2-12)25(30)31)20(28)21(29)24(18)7-9-32-10-8-26/h1-6,11,18,26-27H,7-10H2/t18-/m0/s1. The molecule has 0 aliphatic carbocycles. The monoisotopic (exact) mass is 480 g/mol. The van der Waals surface area contributed by atoms with Gasteiger partial charge in [0.25, 0.3) is 17.4 Å². The van der Waals surface area contributed by atoms with Crippen LogP contribution in [0.5, 0.6) is 0 Å². The number of ether oxygens (including phenoxy) is 1. The number of Topliss-reactive ketones (excluding diaryl/α,β-unsaturated/α-hetero) is 1. The number of nitro benzene ring substituents is 1. The van der Waals surface area contributed by atoms with Gasteiger partial charge in [-0.2, -0.15) is 0 Å². The van der Waals surface area contributed by atoms with Crippen LogP contribution in [0.2, 0.25) is 10.0 Å². The third-order valence-corrected chi connectivity index (χ3v) is 5.42. The number of nitrogens with zero attached hydrogens (tertiary/aromatic N) is 2. The third kappa shape index (κ3) is 4.76. The van der Waals surface area contributed by atoms with Crippen molar-refractivity contribution < 1.29 is 29.5 Å². The number of rotatable bonds is 8. The van der Waals surface area contributed by atoms with E-state index in [2.05, 4.69) is 0 Å². The number of likely N-dealkylation sites (tertiary alicyclic amines) is 1. The average Bonchev–Trinajstić information content (AvgIpc) is 3.01. The van der Waals surface area contributed by atoms with Crippen LogP contribution in [0.3, 0.4) is 0 Å². The van der Waals surface area contributed by atoms with Gasteiger partial charge in [0.1, 0.15) is 5.76 Å². The van der Waals surface area contributed by atoms with E-state index in [1.807, 2.05) is 0 Å². The number of hydrogen-bond donors (Lipinski definition) is 2. The van der Waals surface area contributed by atoms with Crippen LogP contribution in [0, 0.1) is 10.1 Å². The summed E-state index contributed by atoms with van der Waals surface area (Å²) in [6, 6.07) is 8.43. The Balaban J connectivity index is 2.10. The molecule has 1 aliphatic heterocycles. The number of halogens is 2. The van der Waals surface area contributed by atoms with E-state index in [-0.39, 0.29) is 48.2 Å². The molecule has 32 heavy (non-hydrogen) atoms. The predicted molar refractivity (Wildman–Crippen MR) is 116 cm³/mol. The molecule has 0 saturated carbocycles. The van der Waals surface area contributed by atoms with Gasteiger partial charge in [-0.3, -0.25) is 19.7 Å². The molecular formula is C21H18Cl2N2O7. The highest BCUT2D eigenvalue weighted by atomic mass is 35.5. The van der Waals surface area contributed by atoms with Gasteiger partial charge in [-0.1, -0.05) is 29.3 Å². The second kappa shape index (κ2) is 10.1. The normalized spacial score (nSPS) is 17.7. The molecule has 168 valence electrons. The molecule has 3 rings (SSSR count). The molecule has 0 radical (unpaired) electrons. The van der Waals surface area contributed by atoms with E-state index in [0.717, 1.165) is 0 Å². The van der Waals surface area contributed by atoms with Crippen molar-refractivity contribution in [3.05, 3.63) is 79.3 Å². The van der Waals surface area contributed by atoms with E-state index in [0.29, 0.717) is 10.6 Å². The summed E-state index contributed by atoms with van der Waals surface area (Å²) in [5, 5.41) is 31.2. The van der Waals surface area contributed by atoms with Crippen LogP contribution in [0.1, 0.15) is 17.2 Å². The highest BCUT2D eigenvalue weighted by molar-refractivity contribution is 6.47. The molecule has 2 N–H and O–H groups in total. The second-order valence-electron chi connectivity index (χ2n) is 6.80. The SMILES string of the molecule is O=C1C(=O)N(CCOCCO)[C@@H](c2ccc(Cl)cc2Cl)C1=C(O)c1ccc([N+](=O)[O-])cc1. The van der Waals surface area contributed by atoms with Crippen molar-refractivity contribution in [3.8, 4) is 0 Å². The summed E-state index contributed by atoms with van der Waals surface area (Å²) in [5.41, 5.74) is 0.0802. The Morgan fingerprint density at radius 3 is 2.41 bits per heavy atom. The summed E-state index contributed by atoms with van der Waals surface area (Å²) >= 11 is 12.3. The summed E-state index contributed by atoms with van der Waals surface area (Å²) in [6.07, 6.45) is 0. The third-order valence-electron chi connectivity index (χ3n) is 4.86. The van der Waals surface area contributed by atoms with Gasteiger partial charge in [0.2, 0.25) is 0 Å². The van der Waals surface area contributed by atoms with Gasteiger partial charge < -0.3 is 19.8 Å². The molecule has 1 heterocycles. The smallest absolute Gasteiger partial charge is 0.295 e. The average molecular weight is 481 g/mol. The van der Waals surface area contributed by atoms with Crippen molar-refractivity contribution in [3.63, 3.8) is 0 Å². The minimum Gasteiger partial charge on any atom is -0.507 e. The number of benzene rings is 2. The number of carbonyl (C=O) groups is 2. The fourth-order valence-corrected chi connectivity index (χ4v) is 3.90. The number of ketones is 1. The Labute approximate surface area is 192 Å². The molecule has 1 atom stereocenters. The summed E-state index contributed by atoms with van der Waals surface area (Å²) in [4.78, 5) is 37.2. The van der Waals surface area contributed by atoms with Gasteiger partial charge in [-0.25, -0.2) is 0 Å². The van der Waals surface area contributed by atoms with Crippen LogP contribution in [0.25, 0.3) is 5.76 Å². The lowest BCUT2D eigenvalue weighted by Gasteiger charge is -2.26. The molecule has 0 unspecified atom stereocenters. The summed E-state index contributed by atoms with van der Waals surface area (Å²) < 4.78 is 5.23. The van der Waals surface area contributed by atoms with Crippen molar-refractivity contribution in [2.45, 2.75) is 6.04 Å². The molecule has 9 nitrogen and oxygen atoms in total. The predicted octanol–water partition coefficient (Wildman–Crippen LogP) is 3.33. The molecule has 2 aromatic rings. The number of carbonyl (C=O) groups excluding carboxylic acids is 2. The first-order chi connectivity index (χ1) is 15.3. The Bertz CT molecular complexity index is 1090. The zero-order valence-corrected chi connectivity index (χ0v) is 18.0. The maximum Gasteiger partial charge on any atom is 0.295 e. The van der Waals surface area contributed by atoms with Crippen LogP contribution in [-0.2, 0) is 14.3 Å². The van der Waals surface area contributed by atoms with E-state index < -0.39 is 28.4 Å². The van der Waals surface area contributed by atoms with Gasteiger partial charge in [0.05, 0.1) is 36.4 Å². The van der Waals surface area contributed by atoms with Gasteiger partial charge in [0.15, 0.2) is 0 Å². The van der Waals surface area contributed by atoms with E-state index in [1.165, 1.54) is 41.3 Å². The summed E-state index contributed by atoms with van der Waals surface area (Å²) in [6.45, 7) is -0.122. The molecule has 0 aromatic heterocycles. The Morgan fingerprint density at radius 1 is 1.12 bits per heavy atom. The quantitative estimate of drug-likeness (QED) is 0.148. The lowest BCUT2D eigenvalue weighted by molar-refractivity contribution is -0.384. The molecular weight excluding hydrogens is 463 g/mol. The maximum absolute atomic E-state index is 12.9. The molecule has 11 heteroatoms. The highest BCUT2D eigenvalue weighted by Gasteiger charge is 2.46. The number of amides is 1. The van der Waals surface area contributed by atoms with Crippen molar-refractivity contribution in [1.29, 1.82) is 0 Å². The van der Waals surface area contributed by atoms with Crippen molar-refractivity contribution in [2.75, 3.05) is 26.4 Å². The number of non-ortho nitro benzene ring substituents is 1. The van der Waals surface area contributed by atoms with Crippen LogP contribution in [-0.4, -0.2) is 58.1 Å². The first kappa shape index (κ1) is 23.7. The van der Waals surface area contributed by atoms with Gasteiger partial charge in [0, 0.05) is 34.3 Å². The summed E-state index contributed by atoms with van der Waals surface area (Å²) in [5.74, 6) is -2.29. The van der Waals surface area contributed by atoms with E-state index in [1.54, 1.807) is 6.07 Å². The Kier molecular flexibility index (Phi) is 7.47. The first-order valence-corrected chi connectivity index (χ1v) is 10.2. The molecule has 1 fully saturated rings. The number of aliphatic hydroxyl groups excluding tert-OH is 2. The molecule has 0 bridgehead atoms. The lowest BCUT2D eigenvalue weighted by atomic mass is 9.95. The van der Waals surface area contributed by atoms with Crippen molar-refractivity contribution in [1.82, 2.24) is 4.90 Å². The van der Waals surface area contributed by atoms with Gasteiger partial charge in [-0.05, 0) is 29.8 Å². The highest BCUT2D eigenvalue weighted by Crippen LogP contribution is 2.42. The van der Waals surface area contributed by atoms with Crippen LogP contribution < -0.4 is 0 Å². The minimum absolute atomic E-state index is 0.00869. The number of nitro groups is 1. The fraction of sp³-hybridized carbons (Fsp3) is 0.238. The van der Waals surface area contributed by atoms with Crippen LogP contribution in [0.15, 0.2) is 48.0 Å². The molecule has 1 amide bonds. The van der Waals surface area contributed by atoms with E-state index in [9.17, 15) is 24.8 Å². The summed E-state index contributed by atoms with van der Waals surface area (Å²) in [7, 11) is 0. The Hall–Kier alpha value is -2.98. The van der Waals surface area contributed by atoms with E-state index in [4.69, 9.17) is 33.0 Å². The largest absolute Gasteiger partial charge is 0.507 e. The molecule has 1 aliphatic rings. The van der Waals surface area contributed by atoms with Gasteiger partial charge in [-0.15, -0.1) is 0 Å². The fourth-order valence-electron chi connectivity index (χ4n) is 3.38. The molecule has 0 spiro atoms. The molecule has 2 aromatic carbocycles. The zero-order chi connectivity index (χ0) is 23.4. The number of hydrogen-bond acceptors (Lipinski definition) is 7. The zero-order valence-electron chi connectivity index (χ0n) is 16.5. The number of aliphatic hydroxyl groups is 2. The topological polar surface area (TPSA) is 130 Å². The lowest BCUT2D eigenvalue weighted by Crippen LogP contribution is -2.33. The van der Waals surface area contributed by atoms with E-state index >= 15 is 0 Å². The second-order valence-corrected chi connectivity index (χ2v) is 7.64. The maximum atomic E-state index is 12.9. The Morgan fingerprint density at radius 2 is 1.81 bits per heavy atom.